The van der Waals surface area contributed by atoms with Gasteiger partial charge in [0.2, 0.25) is 0 Å². The second-order valence-corrected chi connectivity index (χ2v) is 4.62. The minimum absolute atomic E-state index is 0.444. The van der Waals surface area contributed by atoms with E-state index in [1.807, 2.05) is 6.07 Å². The van der Waals surface area contributed by atoms with Crippen molar-refractivity contribution in [1.82, 2.24) is 5.32 Å². The molecule has 2 bridgehead atoms. The van der Waals surface area contributed by atoms with Crippen LogP contribution in [0.4, 0.5) is 5.69 Å². The van der Waals surface area contributed by atoms with Crippen LogP contribution in [-0.2, 0) is 6.42 Å². The zero-order chi connectivity index (χ0) is 9.71. The second-order valence-electron chi connectivity index (χ2n) is 4.24. The quantitative estimate of drug-likeness (QED) is 0.642. The van der Waals surface area contributed by atoms with Crippen LogP contribution >= 0.6 is 11.6 Å². The fourth-order valence-corrected chi connectivity index (χ4v) is 2.99. The third-order valence-electron chi connectivity index (χ3n) is 3.36. The summed E-state index contributed by atoms with van der Waals surface area (Å²) in [4.78, 5) is 0. The maximum atomic E-state index is 6.24. The van der Waals surface area contributed by atoms with E-state index >= 15 is 0 Å². The van der Waals surface area contributed by atoms with E-state index in [0.29, 0.717) is 17.8 Å². The normalized spacial score (nSPS) is 28.9. The molecule has 0 aliphatic carbocycles. The first-order valence-electron chi connectivity index (χ1n) is 5.08. The van der Waals surface area contributed by atoms with Gasteiger partial charge >= 0.3 is 0 Å². The number of nitrogens with two attached hydrogens (primary N) is 1. The highest BCUT2D eigenvalue weighted by Gasteiger charge is 2.33. The summed E-state index contributed by atoms with van der Waals surface area (Å²) in [5.41, 5.74) is 9.16. The maximum Gasteiger partial charge on any atom is 0.0685 e. The molecule has 0 radical (unpaired) electrons. The van der Waals surface area contributed by atoms with Crippen molar-refractivity contribution in [3.8, 4) is 0 Å². The highest BCUT2D eigenvalue weighted by molar-refractivity contribution is 6.34. The lowest BCUT2D eigenvalue weighted by Gasteiger charge is -2.26. The Balaban J connectivity index is 2.19. The Kier molecular flexibility index (Phi) is 1.76. The number of hydrogen-bond donors (Lipinski definition) is 2. The van der Waals surface area contributed by atoms with Crippen molar-refractivity contribution in [2.75, 3.05) is 5.73 Å². The predicted octanol–water partition coefficient (Wildman–Crippen LogP) is 2.27. The van der Waals surface area contributed by atoms with Crippen LogP contribution in [0, 0.1) is 0 Å². The van der Waals surface area contributed by atoms with E-state index < -0.39 is 0 Å². The zero-order valence-corrected chi connectivity index (χ0v) is 8.64. The summed E-state index contributed by atoms with van der Waals surface area (Å²) >= 11 is 6.24. The number of fused-ring (bicyclic) bond motifs is 4. The molecule has 2 aliphatic heterocycles. The Labute approximate surface area is 88.4 Å². The van der Waals surface area contributed by atoms with Crippen LogP contribution in [0.15, 0.2) is 12.1 Å². The van der Waals surface area contributed by atoms with E-state index in [1.54, 1.807) is 0 Å². The predicted molar refractivity (Wildman–Crippen MR) is 58.5 cm³/mol. The van der Waals surface area contributed by atoms with Gasteiger partial charge in [0.25, 0.3) is 0 Å². The van der Waals surface area contributed by atoms with Gasteiger partial charge < -0.3 is 11.1 Å². The standard InChI is InChI=1S/C11H13ClN2/c12-11-8(13)3-1-6-5-7-2-4-9(14-7)10(6)11/h1,3,7,9,14H,2,4-5,13H2. The Morgan fingerprint density at radius 2 is 2.21 bits per heavy atom. The molecular formula is C11H13ClN2. The van der Waals surface area contributed by atoms with Gasteiger partial charge in [0.05, 0.1) is 10.7 Å². The minimum atomic E-state index is 0.444. The molecule has 1 aromatic carbocycles. The summed E-state index contributed by atoms with van der Waals surface area (Å²) < 4.78 is 0. The summed E-state index contributed by atoms with van der Waals surface area (Å²) in [6.45, 7) is 0. The number of hydrogen-bond acceptors (Lipinski definition) is 2. The van der Waals surface area contributed by atoms with Gasteiger partial charge in [0.15, 0.2) is 0 Å². The Hall–Kier alpha value is -0.730. The first-order chi connectivity index (χ1) is 6.75. The molecule has 1 fully saturated rings. The lowest BCUT2D eigenvalue weighted by Crippen LogP contribution is -2.32. The highest BCUT2D eigenvalue weighted by Crippen LogP contribution is 2.41. The number of anilines is 1. The molecule has 0 amide bonds. The third-order valence-corrected chi connectivity index (χ3v) is 3.78. The average Bonchev–Trinajstić information content (AvgIpc) is 2.55. The van der Waals surface area contributed by atoms with Crippen molar-refractivity contribution in [2.45, 2.75) is 31.3 Å². The maximum absolute atomic E-state index is 6.24. The van der Waals surface area contributed by atoms with Crippen LogP contribution in [0.5, 0.6) is 0 Å². The lowest BCUT2D eigenvalue weighted by atomic mass is 9.94. The second kappa shape index (κ2) is 2.88. The van der Waals surface area contributed by atoms with Crippen LogP contribution in [0.1, 0.15) is 30.0 Å². The third kappa shape index (κ3) is 1.07. The van der Waals surface area contributed by atoms with E-state index in [0.717, 1.165) is 11.4 Å². The number of halogens is 1. The molecule has 1 aromatic rings. The van der Waals surface area contributed by atoms with Crippen LogP contribution < -0.4 is 11.1 Å². The van der Waals surface area contributed by atoms with Gasteiger partial charge in [-0.2, -0.15) is 0 Å². The van der Waals surface area contributed by atoms with Gasteiger partial charge in [-0.3, -0.25) is 0 Å². The number of nitrogen functional groups attached to an aromatic ring is 1. The topological polar surface area (TPSA) is 38.0 Å². The lowest BCUT2D eigenvalue weighted by molar-refractivity contribution is 0.515. The van der Waals surface area contributed by atoms with Crippen LogP contribution in [0.2, 0.25) is 5.02 Å². The fourth-order valence-electron chi connectivity index (χ4n) is 2.68. The van der Waals surface area contributed by atoms with Crippen molar-refractivity contribution >= 4 is 17.3 Å². The van der Waals surface area contributed by atoms with E-state index in [4.69, 9.17) is 17.3 Å². The Morgan fingerprint density at radius 3 is 3.07 bits per heavy atom. The Bertz CT molecular complexity index is 389. The van der Waals surface area contributed by atoms with Crippen LogP contribution in [0.25, 0.3) is 0 Å². The summed E-state index contributed by atoms with van der Waals surface area (Å²) in [5, 5.41) is 4.34. The van der Waals surface area contributed by atoms with Crippen molar-refractivity contribution in [3.63, 3.8) is 0 Å². The largest absolute Gasteiger partial charge is 0.398 e. The average molecular weight is 209 g/mol. The SMILES string of the molecule is Nc1ccc2c(c1Cl)C1CCC(C2)N1. The molecule has 2 atom stereocenters. The molecule has 3 N–H and O–H groups in total. The zero-order valence-electron chi connectivity index (χ0n) is 7.89. The first kappa shape index (κ1) is 8.57. The van der Waals surface area contributed by atoms with Gasteiger partial charge in [-0.05, 0) is 36.5 Å². The number of nitrogens with one attached hydrogen (secondary N) is 1. The molecule has 0 saturated carbocycles. The molecule has 14 heavy (non-hydrogen) atoms. The van der Waals surface area contributed by atoms with E-state index in [2.05, 4.69) is 11.4 Å². The van der Waals surface area contributed by atoms with E-state index in [9.17, 15) is 0 Å². The summed E-state index contributed by atoms with van der Waals surface area (Å²) in [6, 6.07) is 5.15. The smallest absolute Gasteiger partial charge is 0.0685 e. The van der Waals surface area contributed by atoms with E-state index in [1.165, 1.54) is 24.0 Å². The summed E-state index contributed by atoms with van der Waals surface area (Å²) in [5.74, 6) is 0. The first-order valence-corrected chi connectivity index (χ1v) is 5.46. The molecule has 3 rings (SSSR count). The molecule has 0 spiro atoms. The summed E-state index contributed by atoms with van der Waals surface area (Å²) in [7, 11) is 0. The monoisotopic (exact) mass is 208 g/mol. The molecule has 2 unspecified atom stereocenters. The highest BCUT2D eigenvalue weighted by atomic mass is 35.5. The number of rotatable bonds is 0. The molecular weight excluding hydrogens is 196 g/mol. The molecule has 2 heterocycles. The number of benzene rings is 1. The van der Waals surface area contributed by atoms with Gasteiger partial charge in [-0.1, -0.05) is 17.7 Å². The van der Waals surface area contributed by atoms with Gasteiger partial charge in [-0.25, -0.2) is 0 Å². The van der Waals surface area contributed by atoms with Crippen molar-refractivity contribution in [3.05, 3.63) is 28.3 Å². The fraction of sp³-hybridized carbons (Fsp3) is 0.455. The minimum Gasteiger partial charge on any atom is -0.398 e. The van der Waals surface area contributed by atoms with Crippen molar-refractivity contribution < 1.29 is 0 Å². The van der Waals surface area contributed by atoms with Crippen molar-refractivity contribution in [1.29, 1.82) is 0 Å². The van der Waals surface area contributed by atoms with E-state index in [-0.39, 0.29) is 0 Å². The van der Waals surface area contributed by atoms with Gasteiger partial charge in [-0.15, -0.1) is 0 Å². The molecule has 1 saturated heterocycles. The molecule has 74 valence electrons. The van der Waals surface area contributed by atoms with Crippen molar-refractivity contribution in [2.24, 2.45) is 0 Å². The molecule has 2 nitrogen and oxygen atoms in total. The Morgan fingerprint density at radius 1 is 1.36 bits per heavy atom. The molecule has 0 aromatic heterocycles. The van der Waals surface area contributed by atoms with Crippen LogP contribution in [-0.4, -0.2) is 6.04 Å². The molecule has 3 heteroatoms. The summed E-state index contributed by atoms with van der Waals surface area (Å²) in [6.07, 6.45) is 3.56. The van der Waals surface area contributed by atoms with Crippen LogP contribution in [0.3, 0.4) is 0 Å². The van der Waals surface area contributed by atoms with Gasteiger partial charge in [0, 0.05) is 12.1 Å². The molecule has 2 aliphatic rings. The van der Waals surface area contributed by atoms with Gasteiger partial charge in [0.1, 0.15) is 0 Å².